The summed E-state index contributed by atoms with van der Waals surface area (Å²) in [4.78, 5) is 0. The Balaban J connectivity index is 1.50. The van der Waals surface area contributed by atoms with Gasteiger partial charge < -0.3 is 14.2 Å². The topological polar surface area (TPSA) is 27.7 Å². The Hall–Kier alpha value is -0.120. The molecule has 4 aliphatic rings. The predicted molar refractivity (Wildman–Crippen MR) is 96.8 cm³/mol. The van der Waals surface area contributed by atoms with E-state index in [1.165, 1.54) is 57.8 Å². The van der Waals surface area contributed by atoms with Gasteiger partial charge in [-0.2, -0.15) is 0 Å². The molecule has 4 bridgehead atoms. The summed E-state index contributed by atoms with van der Waals surface area (Å²) < 4.78 is 19.0. The lowest BCUT2D eigenvalue weighted by Crippen LogP contribution is -2.77. The van der Waals surface area contributed by atoms with Crippen LogP contribution in [0.25, 0.3) is 0 Å². The van der Waals surface area contributed by atoms with Crippen LogP contribution in [0.15, 0.2) is 0 Å². The number of ether oxygens (including phenoxy) is 3. The van der Waals surface area contributed by atoms with E-state index in [-0.39, 0.29) is 11.2 Å². The smallest absolute Gasteiger partial charge is 0.172 e. The van der Waals surface area contributed by atoms with Crippen LogP contribution in [0.3, 0.4) is 0 Å². The van der Waals surface area contributed by atoms with Crippen LogP contribution in [0.4, 0.5) is 0 Å². The van der Waals surface area contributed by atoms with Gasteiger partial charge in [0.15, 0.2) is 11.6 Å². The van der Waals surface area contributed by atoms with E-state index in [0.29, 0.717) is 5.92 Å². The fourth-order valence-corrected chi connectivity index (χ4v) is 6.10. The molecule has 0 aromatic carbocycles. The Morgan fingerprint density at radius 2 is 1.12 bits per heavy atom. The van der Waals surface area contributed by atoms with Gasteiger partial charge in [0.05, 0.1) is 11.2 Å². The van der Waals surface area contributed by atoms with Crippen molar-refractivity contribution in [3.05, 3.63) is 0 Å². The third-order valence-electron chi connectivity index (χ3n) is 6.49. The highest BCUT2D eigenvalue weighted by Crippen LogP contribution is 2.62. The van der Waals surface area contributed by atoms with Crippen molar-refractivity contribution in [2.45, 2.75) is 128 Å². The molecule has 0 aliphatic carbocycles. The minimum Gasteiger partial charge on any atom is -0.343 e. The Morgan fingerprint density at radius 3 is 1.62 bits per heavy atom. The van der Waals surface area contributed by atoms with Crippen molar-refractivity contribution in [2.75, 3.05) is 0 Å². The molecule has 0 spiro atoms. The molecule has 4 unspecified atom stereocenters. The molecule has 0 N–H and O–H groups in total. The fraction of sp³-hybridized carbons (Fsp3) is 1.00. The van der Waals surface area contributed by atoms with E-state index >= 15 is 0 Å². The quantitative estimate of drug-likeness (QED) is 0.486. The second-order valence-corrected chi connectivity index (χ2v) is 9.37. The second kappa shape index (κ2) is 6.55. The summed E-state index contributed by atoms with van der Waals surface area (Å²) in [7, 11) is 0. The molecular formula is C21H38O3. The van der Waals surface area contributed by atoms with Crippen molar-refractivity contribution >= 4 is 0 Å². The molecular weight excluding hydrogens is 300 g/mol. The Morgan fingerprint density at radius 1 is 0.667 bits per heavy atom. The first-order valence-electron chi connectivity index (χ1n) is 10.3. The largest absolute Gasteiger partial charge is 0.343 e. The molecule has 140 valence electrons. The van der Waals surface area contributed by atoms with E-state index in [4.69, 9.17) is 14.2 Å². The van der Waals surface area contributed by atoms with Gasteiger partial charge in [-0.3, -0.25) is 0 Å². The molecule has 0 aromatic rings. The average molecular weight is 339 g/mol. The Bertz CT molecular complexity index is 402. The van der Waals surface area contributed by atoms with Crippen LogP contribution < -0.4 is 0 Å². The van der Waals surface area contributed by atoms with Gasteiger partial charge in [-0.15, -0.1) is 0 Å². The molecule has 4 atom stereocenters. The molecule has 0 aromatic heterocycles. The van der Waals surface area contributed by atoms with E-state index in [1.807, 2.05) is 0 Å². The summed E-state index contributed by atoms with van der Waals surface area (Å²) in [6.45, 7) is 11.1. The molecule has 3 heteroatoms. The van der Waals surface area contributed by atoms with Gasteiger partial charge >= 0.3 is 0 Å². The standard InChI is InChI=1S/C21H38O3/c1-6-7-8-9-10-11-12-13-14-17-18(2)15-20(4)23-19(17,3)16-21(5,22-18)24-20/h17H,6-16H2,1-5H3. The van der Waals surface area contributed by atoms with E-state index in [0.717, 1.165) is 12.8 Å². The number of hydrogen-bond acceptors (Lipinski definition) is 3. The van der Waals surface area contributed by atoms with E-state index in [2.05, 4.69) is 34.6 Å². The summed E-state index contributed by atoms with van der Waals surface area (Å²) in [6.07, 6.45) is 13.9. The lowest BCUT2D eigenvalue weighted by atomic mass is 9.63. The summed E-state index contributed by atoms with van der Waals surface area (Å²) in [5, 5.41) is 0. The lowest BCUT2D eigenvalue weighted by Gasteiger charge is -2.70. The molecule has 3 nitrogen and oxygen atoms in total. The zero-order chi connectivity index (χ0) is 17.5. The monoisotopic (exact) mass is 338 g/mol. The van der Waals surface area contributed by atoms with Crippen molar-refractivity contribution in [2.24, 2.45) is 5.92 Å². The molecule has 0 amide bonds. The molecule has 4 saturated heterocycles. The highest BCUT2D eigenvalue weighted by molar-refractivity contribution is 5.12. The van der Waals surface area contributed by atoms with E-state index in [1.54, 1.807) is 0 Å². The van der Waals surface area contributed by atoms with Crippen LogP contribution in [0.1, 0.15) is 105 Å². The zero-order valence-corrected chi connectivity index (χ0v) is 16.6. The molecule has 4 fully saturated rings. The van der Waals surface area contributed by atoms with Crippen molar-refractivity contribution < 1.29 is 14.2 Å². The maximum Gasteiger partial charge on any atom is 0.172 e. The minimum absolute atomic E-state index is 0.103. The maximum atomic E-state index is 6.46. The SMILES string of the molecule is CCCCCCCCCCC1C2(C)CC3(C)OC(C)(CC1(C)O3)O2. The first-order valence-corrected chi connectivity index (χ1v) is 10.3. The molecule has 4 aliphatic heterocycles. The van der Waals surface area contributed by atoms with Crippen LogP contribution in [0.5, 0.6) is 0 Å². The molecule has 0 saturated carbocycles. The minimum atomic E-state index is -0.468. The summed E-state index contributed by atoms with van der Waals surface area (Å²) >= 11 is 0. The van der Waals surface area contributed by atoms with E-state index < -0.39 is 11.6 Å². The second-order valence-electron chi connectivity index (χ2n) is 9.37. The Kier molecular flexibility index (Phi) is 5.10. The van der Waals surface area contributed by atoms with Gasteiger partial charge in [-0.25, -0.2) is 0 Å². The molecule has 4 heterocycles. The lowest BCUT2D eigenvalue weighted by molar-refractivity contribution is -0.528. The van der Waals surface area contributed by atoms with Crippen LogP contribution >= 0.6 is 0 Å². The van der Waals surface area contributed by atoms with E-state index in [9.17, 15) is 0 Å². The summed E-state index contributed by atoms with van der Waals surface area (Å²) in [5.41, 5.74) is -0.206. The van der Waals surface area contributed by atoms with Gasteiger partial charge in [0, 0.05) is 18.8 Å². The number of rotatable bonds is 9. The van der Waals surface area contributed by atoms with Crippen LogP contribution in [-0.2, 0) is 14.2 Å². The third kappa shape index (κ3) is 3.54. The molecule has 24 heavy (non-hydrogen) atoms. The number of hydrogen-bond donors (Lipinski definition) is 0. The summed E-state index contributed by atoms with van der Waals surface area (Å²) in [6, 6.07) is 0. The molecule has 4 rings (SSSR count). The van der Waals surface area contributed by atoms with Crippen LogP contribution in [-0.4, -0.2) is 22.8 Å². The van der Waals surface area contributed by atoms with Gasteiger partial charge in [-0.05, 0) is 34.1 Å². The van der Waals surface area contributed by atoms with Gasteiger partial charge in [0.1, 0.15) is 0 Å². The van der Waals surface area contributed by atoms with Gasteiger partial charge in [0.2, 0.25) is 0 Å². The van der Waals surface area contributed by atoms with Crippen molar-refractivity contribution in [1.82, 2.24) is 0 Å². The first-order chi connectivity index (χ1) is 11.2. The highest BCUT2D eigenvalue weighted by atomic mass is 16.8. The van der Waals surface area contributed by atoms with Gasteiger partial charge in [-0.1, -0.05) is 58.3 Å². The van der Waals surface area contributed by atoms with Crippen molar-refractivity contribution in [1.29, 1.82) is 0 Å². The van der Waals surface area contributed by atoms with Crippen LogP contribution in [0.2, 0.25) is 0 Å². The highest BCUT2D eigenvalue weighted by Gasteiger charge is 2.70. The van der Waals surface area contributed by atoms with Gasteiger partial charge in [0.25, 0.3) is 0 Å². The summed E-state index contributed by atoms with van der Waals surface area (Å²) in [5.74, 6) is -0.454. The van der Waals surface area contributed by atoms with Crippen molar-refractivity contribution in [3.8, 4) is 0 Å². The maximum absolute atomic E-state index is 6.46. The fourth-order valence-electron chi connectivity index (χ4n) is 6.10. The normalized spacial score (nSPS) is 46.6. The molecule has 0 radical (unpaired) electrons. The van der Waals surface area contributed by atoms with Crippen LogP contribution in [0, 0.1) is 5.92 Å². The average Bonchev–Trinajstić information content (AvgIpc) is 2.39. The zero-order valence-electron chi connectivity index (χ0n) is 16.6. The number of unbranched alkanes of at least 4 members (excludes halogenated alkanes) is 7. The predicted octanol–water partition coefficient (Wildman–Crippen LogP) is 5.95. The first kappa shape index (κ1) is 18.7. The Labute approximate surface area is 148 Å². The van der Waals surface area contributed by atoms with Crippen molar-refractivity contribution in [3.63, 3.8) is 0 Å². The third-order valence-corrected chi connectivity index (χ3v) is 6.49.